The quantitative estimate of drug-likeness (QED) is 0.174. The Morgan fingerprint density at radius 1 is 1.05 bits per heavy atom. The number of carbonyl (C=O) groups excluding carboxylic acids is 1. The first-order chi connectivity index (χ1) is 20.9. The highest BCUT2D eigenvalue weighted by Gasteiger charge is 2.21. The zero-order valence-electron chi connectivity index (χ0n) is 23.2. The molecule has 12 nitrogen and oxygen atoms in total. The molecule has 0 bridgehead atoms. The molecule has 4 heterocycles. The first-order valence-electron chi connectivity index (χ1n) is 13.5. The summed E-state index contributed by atoms with van der Waals surface area (Å²) in [4.78, 5) is 28.1. The lowest BCUT2D eigenvalue weighted by atomic mass is 10.2. The molecule has 3 aromatic heterocycles. The lowest BCUT2D eigenvalue weighted by Gasteiger charge is -2.26. The Kier molecular flexibility index (Phi) is 8.56. The van der Waals surface area contributed by atoms with Gasteiger partial charge in [0.1, 0.15) is 12.1 Å². The van der Waals surface area contributed by atoms with Crippen molar-refractivity contribution >= 4 is 81.3 Å². The van der Waals surface area contributed by atoms with Gasteiger partial charge in [0.05, 0.1) is 51.6 Å². The van der Waals surface area contributed by atoms with E-state index in [2.05, 4.69) is 35.8 Å². The van der Waals surface area contributed by atoms with Crippen LogP contribution < -0.4 is 25.4 Å². The summed E-state index contributed by atoms with van der Waals surface area (Å²) in [6.07, 6.45) is 2.24. The summed E-state index contributed by atoms with van der Waals surface area (Å²) in [6.45, 7) is 2.34. The van der Waals surface area contributed by atoms with Crippen LogP contribution in [0.4, 0.5) is 26.4 Å². The highest BCUT2D eigenvalue weighted by atomic mass is 32.2. The highest BCUT2D eigenvalue weighted by molar-refractivity contribution is 7.91. The lowest BCUT2D eigenvalue weighted by Crippen LogP contribution is -2.40. The fraction of sp³-hybridized carbons (Fsp3) is 0.286. The molecule has 1 fully saturated rings. The van der Waals surface area contributed by atoms with Gasteiger partial charge >= 0.3 is 6.03 Å². The average Bonchev–Trinajstić information content (AvgIpc) is 3.66. The van der Waals surface area contributed by atoms with Gasteiger partial charge in [0.15, 0.2) is 26.5 Å². The fourth-order valence-electron chi connectivity index (χ4n) is 4.70. The van der Waals surface area contributed by atoms with Gasteiger partial charge in [0.2, 0.25) is 0 Å². The van der Waals surface area contributed by atoms with Gasteiger partial charge in [-0.3, -0.25) is 10.6 Å². The number of thiophene rings is 1. The van der Waals surface area contributed by atoms with Gasteiger partial charge in [-0.1, -0.05) is 17.4 Å². The third-order valence-electron chi connectivity index (χ3n) is 6.88. The van der Waals surface area contributed by atoms with Crippen molar-refractivity contribution in [3.8, 4) is 11.5 Å². The minimum Gasteiger partial charge on any atom is -0.493 e. The number of hydrogen-bond acceptors (Lipinski definition) is 12. The molecule has 0 aliphatic carbocycles. The van der Waals surface area contributed by atoms with Crippen molar-refractivity contribution in [1.82, 2.24) is 19.9 Å². The van der Waals surface area contributed by atoms with Crippen LogP contribution in [0, 0.1) is 0 Å². The molecular formula is C28H29N7O5S3. The third kappa shape index (κ3) is 6.96. The Morgan fingerprint density at radius 2 is 1.91 bits per heavy atom. The first-order valence-corrected chi connectivity index (χ1v) is 17.0. The van der Waals surface area contributed by atoms with Gasteiger partial charge in [-0.2, -0.15) is 0 Å². The van der Waals surface area contributed by atoms with Crippen LogP contribution in [0.25, 0.3) is 21.1 Å². The molecule has 224 valence electrons. The number of aromatic nitrogens is 3. The van der Waals surface area contributed by atoms with Crippen molar-refractivity contribution in [2.45, 2.75) is 6.42 Å². The van der Waals surface area contributed by atoms with Crippen LogP contribution in [0.5, 0.6) is 11.5 Å². The maximum absolute atomic E-state index is 12.4. The van der Waals surface area contributed by atoms with Gasteiger partial charge in [-0.05, 0) is 42.1 Å². The van der Waals surface area contributed by atoms with Crippen molar-refractivity contribution in [3.05, 3.63) is 54.2 Å². The first kappa shape index (κ1) is 29.0. The van der Waals surface area contributed by atoms with Crippen molar-refractivity contribution in [3.63, 3.8) is 0 Å². The van der Waals surface area contributed by atoms with Crippen LogP contribution in [0.3, 0.4) is 0 Å². The van der Waals surface area contributed by atoms with Gasteiger partial charge in [0.25, 0.3) is 0 Å². The Hall–Kier alpha value is -4.05. The summed E-state index contributed by atoms with van der Waals surface area (Å²) in [5.74, 6) is 2.13. The van der Waals surface area contributed by atoms with E-state index >= 15 is 0 Å². The summed E-state index contributed by atoms with van der Waals surface area (Å²) >= 11 is 2.80. The van der Waals surface area contributed by atoms with Crippen molar-refractivity contribution in [2.75, 3.05) is 60.8 Å². The molecule has 1 aliphatic rings. The number of thiazole rings is 1. The number of hydrogen-bond donors (Lipinski definition) is 3. The number of carbonyl (C=O) groups is 1. The predicted octanol–water partition coefficient (Wildman–Crippen LogP) is 5.20. The van der Waals surface area contributed by atoms with E-state index in [1.54, 1.807) is 7.11 Å². The number of nitrogens with one attached hydrogen (secondary N) is 3. The second kappa shape index (κ2) is 12.7. The predicted molar refractivity (Wildman–Crippen MR) is 171 cm³/mol. The molecule has 0 unspecified atom stereocenters. The molecule has 0 radical (unpaired) electrons. The minimum atomic E-state index is -2.89. The molecule has 6 rings (SSSR count). The number of nitrogens with zero attached hydrogens (tertiary/aromatic N) is 4. The summed E-state index contributed by atoms with van der Waals surface area (Å²) in [5, 5.41) is 12.9. The van der Waals surface area contributed by atoms with E-state index in [1.165, 1.54) is 29.0 Å². The summed E-state index contributed by atoms with van der Waals surface area (Å²) in [6, 6.07) is 12.7. The van der Waals surface area contributed by atoms with Crippen molar-refractivity contribution in [2.24, 2.45) is 0 Å². The van der Waals surface area contributed by atoms with Gasteiger partial charge in [0, 0.05) is 31.1 Å². The average molecular weight is 640 g/mol. The second-order valence-corrected chi connectivity index (χ2v) is 14.0. The van der Waals surface area contributed by atoms with E-state index in [1.807, 2.05) is 47.8 Å². The summed E-state index contributed by atoms with van der Waals surface area (Å²) < 4.78 is 35.9. The number of urea groups is 1. The number of rotatable bonds is 10. The zero-order valence-corrected chi connectivity index (χ0v) is 25.7. The van der Waals surface area contributed by atoms with Crippen LogP contribution in [0.15, 0.2) is 54.2 Å². The Balaban J connectivity index is 1.15. The zero-order chi connectivity index (χ0) is 29.8. The van der Waals surface area contributed by atoms with E-state index in [-0.39, 0.29) is 17.5 Å². The highest BCUT2D eigenvalue weighted by Crippen LogP contribution is 2.37. The molecule has 0 atom stereocenters. The van der Waals surface area contributed by atoms with Crippen LogP contribution in [0.1, 0.15) is 6.42 Å². The summed E-state index contributed by atoms with van der Waals surface area (Å²) in [5.41, 5.74) is 2.20. The molecule has 1 aliphatic heterocycles. The number of methoxy groups -OCH3 is 1. The number of fused-ring (bicyclic) bond motifs is 2. The number of ether oxygens (including phenoxy) is 2. The van der Waals surface area contributed by atoms with E-state index in [0.29, 0.717) is 47.7 Å². The van der Waals surface area contributed by atoms with Crippen LogP contribution in [-0.2, 0) is 9.84 Å². The topological polar surface area (TPSA) is 148 Å². The Labute approximate surface area is 256 Å². The number of amides is 2. The molecule has 2 aromatic carbocycles. The number of benzene rings is 2. The van der Waals surface area contributed by atoms with Gasteiger partial charge in [-0.15, -0.1) is 11.3 Å². The Morgan fingerprint density at radius 3 is 2.70 bits per heavy atom. The monoisotopic (exact) mass is 639 g/mol. The fourth-order valence-corrected chi connectivity index (χ4v) is 7.52. The van der Waals surface area contributed by atoms with Crippen LogP contribution >= 0.6 is 22.7 Å². The minimum absolute atomic E-state index is 0.213. The third-order valence-corrected chi connectivity index (χ3v) is 10.3. The molecule has 3 N–H and O–H groups in total. The largest absolute Gasteiger partial charge is 0.493 e. The standard InChI is InChI=1S/C28H29N7O5S3/c1-39-22-15-18-21(16-23(22)40-11-4-8-35-9-13-43(37,38)14-10-35)29-17-30-26(18)31-19-5-2-6-20-25(19)42-28(32-20)34-27(36)33-24-7-3-12-41-24/h2-3,5-7,12,15-17H,4,8-11,13-14H2,1H3,(H,29,30,31)(H2,32,33,34,36). The second-order valence-electron chi connectivity index (χ2n) is 9.79. The lowest BCUT2D eigenvalue weighted by molar-refractivity contribution is 0.240. The molecule has 43 heavy (non-hydrogen) atoms. The number of anilines is 4. The van der Waals surface area contributed by atoms with E-state index < -0.39 is 9.84 Å². The number of sulfone groups is 1. The van der Waals surface area contributed by atoms with Crippen LogP contribution in [-0.4, -0.2) is 79.2 Å². The van der Waals surface area contributed by atoms with Gasteiger partial charge < -0.3 is 19.7 Å². The van der Waals surface area contributed by atoms with Crippen molar-refractivity contribution < 1.29 is 22.7 Å². The van der Waals surface area contributed by atoms with Gasteiger partial charge in [-0.25, -0.2) is 28.2 Å². The molecule has 0 spiro atoms. The Bertz CT molecular complexity index is 1850. The van der Waals surface area contributed by atoms with E-state index in [4.69, 9.17) is 9.47 Å². The molecular weight excluding hydrogens is 611 g/mol. The van der Waals surface area contributed by atoms with E-state index in [0.717, 1.165) is 39.3 Å². The smallest absolute Gasteiger partial charge is 0.326 e. The molecule has 0 saturated carbocycles. The summed E-state index contributed by atoms with van der Waals surface area (Å²) in [7, 11) is -1.31. The molecule has 15 heteroatoms. The SMILES string of the molecule is COc1cc2c(Nc3cccc4nc(NC(=O)Nc5cccs5)sc34)ncnc2cc1OCCCN1CCS(=O)(=O)CC1. The van der Waals surface area contributed by atoms with E-state index in [9.17, 15) is 13.2 Å². The molecule has 2 amide bonds. The normalized spacial score (nSPS) is 14.9. The van der Waals surface area contributed by atoms with Crippen LogP contribution in [0.2, 0.25) is 0 Å². The maximum Gasteiger partial charge on any atom is 0.326 e. The molecule has 5 aromatic rings. The molecule has 1 saturated heterocycles. The van der Waals surface area contributed by atoms with Crippen molar-refractivity contribution in [1.29, 1.82) is 0 Å². The maximum atomic E-state index is 12.4.